The first kappa shape index (κ1) is 17.0. The van der Waals surface area contributed by atoms with Crippen LogP contribution in [0.15, 0.2) is 48.5 Å². The standard InChI is InChI=1S/C19H17ClN2O3/c1-2-22-17-9-7-12(21-19(24)25)11-15(17)13(8-10-18(22)23)14-5-3-4-6-16(14)20/h3-9,11,21H,2,10H2,1H3,(H,24,25). The summed E-state index contributed by atoms with van der Waals surface area (Å²) in [7, 11) is 0. The van der Waals surface area contributed by atoms with Crippen molar-refractivity contribution in [3.63, 3.8) is 0 Å². The Bertz CT molecular complexity index is 877. The van der Waals surface area contributed by atoms with Crippen molar-refractivity contribution < 1.29 is 14.7 Å². The summed E-state index contributed by atoms with van der Waals surface area (Å²) in [5.74, 6) is -0.00949. The Morgan fingerprint density at radius 3 is 2.68 bits per heavy atom. The number of benzene rings is 2. The summed E-state index contributed by atoms with van der Waals surface area (Å²) in [5, 5.41) is 11.9. The third-order valence-electron chi connectivity index (χ3n) is 4.09. The van der Waals surface area contributed by atoms with E-state index in [1.165, 1.54) is 0 Å². The van der Waals surface area contributed by atoms with Crippen molar-refractivity contribution in [2.24, 2.45) is 0 Å². The van der Waals surface area contributed by atoms with E-state index < -0.39 is 6.09 Å². The lowest BCUT2D eigenvalue weighted by atomic mass is 9.95. The number of carbonyl (C=O) groups excluding carboxylic acids is 1. The number of amides is 2. The summed E-state index contributed by atoms with van der Waals surface area (Å²) in [5.41, 5.74) is 3.58. The predicted molar refractivity (Wildman–Crippen MR) is 99.3 cm³/mol. The van der Waals surface area contributed by atoms with Gasteiger partial charge >= 0.3 is 6.09 Å². The molecular weight excluding hydrogens is 340 g/mol. The molecule has 0 spiro atoms. The van der Waals surface area contributed by atoms with Gasteiger partial charge in [0.25, 0.3) is 0 Å². The van der Waals surface area contributed by atoms with E-state index in [-0.39, 0.29) is 12.3 Å². The van der Waals surface area contributed by atoms with Crippen LogP contribution in [0.25, 0.3) is 5.57 Å². The van der Waals surface area contributed by atoms with Gasteiger partial charge in [-0.15, -0.1) is 0 Å². The molecule has 1 aliphatic heterocycles. The van der Waals surface area contributed by atoms with Crippen LogP contribution in [0.4, 0.5) is 16.2 Å². The number of nitrogens with one attached hydrogen (secondary N) is 1. The van der Waals surface area contributed by atoms with Gasteiger partial charge in [0.15, 0.2) is 0 Å². The molecule has 5 nitrogen and oxygen atoms in total. The van der Waals surface area contributed by atoms with Gasteiger partial charge in [-0.25, -0.2) is 4.79 Å². The minimum Gasteiger partial charge on any atom is -0.465 e. The fourth-order valence-electron chi connectivity index (χ4n) is 3.01. The van der Waals surface area contributed by atoms with Gasteiger partial charge < -0.3 is 10.0 Å². The van der Waals surface area contributed by atoms with Gasteiger partial charge in [-0.05, 0) is 36.8 Å². The average molecular weight is 357 g/mol. The number of halogens is 1. The molecule has 0 saturated carbocycles. The molecule has 25 heavy (non-hydrogen) atoms. The SMILES string of the molecule is CCN1C(=O)CC=C(c2ccccc2Cl)c2cc(NC(=O)O)ccc21. The van der Waals surface area contributed by atoms with Crippen molar-refractivity contribution in [2.45, 2.75) is 13.3 Å². The van der Waals surface area contributed by atoms with Gasteiger partial charge in [0.05, 0.1) is 5.69 Å². The first-order valence-electron chi connectivity index (χ1n) is 7.91. The Morgan fingerprint density at radius 1 is 1.24 bits per heavy atom. The first-order valence-corrected chi connectivity index (χ1v) is 8.29. The van der Waals surface area contributed by atoms with Gasteiger partial charge in [-0.1, -0.05) is 35.9 Å². The lowest BCUT2D eigenvalue weighted by Gasteiger charge is -2.23. The lowest BCUT2D eigenvalue weighted by Crippen LogP contribution is -2.29. The van der Waals surface area contributed by atoms with Crippen molar-refractivity contribution in [3.05, 3.63) is 64.7 Å². The Kier molecular flexibility index (Phi) is 4.76. The molecule has 6 heteroatoms. The van der Waals surface area contributed by atoms with E-state index in [4.69, 9.17) is 16.7 Å². The highest BCUT2D eigenvalue weighted by Gasteiger charge is 2.24. The van der Waals surface area contributed by atoms with Crippen molar-refractivity contribution in [1.82, 2.24) is 0 Å². The molecule has 0 bridgehead atoms. The number of carbonyl (C=O) groups is 2. The molecule has 0 atom stereocenters. The molecule has 0 fully saturated rings. The molecular formula is C19H17ClN2O3. The Labute approximate surface area is 150 Å². The summed E-state index contributed by atoms with van der Waals surface area (Å²) >= 11 is 6.36. The number of nitrogens with zero attached hydrogens (tertiary/aromatic N) is 1. The zero-order valence-electron chi connectivity index (χ0n) is 13.6. The smallest absolute Gasteiger partial charge is 0.409 e. The zero-order chi connectivity index (χ0) is 18.0. The van der Waals surface area contributed by atoms with Gasteiger partial charge in [0.1, 0.15) is 0 Å². The van der Waals surface area contributed by atoms with Crippen LogP contribution in [0.1, 0.15) is 24.5 Å². The van der Waals surface area contributed by atoms with E-state index in [9.17, 15) is 9.59 Å². The van der Waals surface area contributed by atoms with Crippen molar-refractivity contribution in [2.75, 3.05) is 16.8 Å². The minimum atomic E-state index is -1.14. The largest absolute Gasteiger partial charge is 0.465 e. The van der Waals surface area contributed by atoms with Crippen LogP contribution in [0, 0.1) is 0 Å². The monoisotopic (exact) mass is 356 g/mol. The van der Waals surface area contributed by atoms with E-state index in [0.717, 1.165) is 22.4 Å². The molecule has 2 amide bonds. The molecule has 0 radical (unpaired) electrons. The first-order chi connectivity index (χ1) is 12.0. The molecule has 2 aromatic rings. The number of anilines is 2. The molecule has 0 saturated heterocycles. The van der Waals surface area contributed by atoms with Crippen LogP contribution >= 0.6 is 11.6 Å². The Balaban J connectivity index is 2.22. The molecule has 128 valence electrons. The van der Waals surface area contributed by atoms with Crippen LogP contribution in [0.5, 0.6) is 0 Å². The van der Waals surface area contributed by atoms with Crippen LogP contribution in [-0.2, 0) is 4.79 Å². The van der Waals surface area contributed by atoms with E-state index >= 15 is 0 Å². The minimum absolute atomic E-state index is 0.00949. The summed E-state index contributed by atoms with van der Waals surface area (Å²) in [4.78, 5) is 25.1. The van der Waals surface area contributed by atoms with Gasteiger partial charge in [-0.2, -0.15) is 0 Å². The number of carboxylic acid groups (broad SMARTS) is 1. The number of hydrogen-bond acceptors (Lipinski definition) is 2. The van der Waals surface area contributed by atoms with Crippen molar-refractivity contribution in [3.8, 4) is 0 Å². The van der Waals surface area contributed by atoms with Crippen LogP contribution in [0.3, 0.4) is 0 Å². The van der Waals surface area contributed by atoms with E-state index in [2.05, 4.69) is 5.32 Å². The summed E-state index contributed by atoms with van der Waals surface area (Å²) in [6.07, 6.45) is 0.966. The fraction of sp³-hybridized carbons (Fsp3) is 0.158. The quantitative estimate of drug-likeness (QED) is 0.843. The molecule has 2 aromatic carbocycles. The summed E-state index contributed by atoms with van der Waals surface area (Å²) in [6, 6.07) is 12.6. The van der Waals surface area contributed by atoms with Crippen LogP contribution in [0.2, 0.25) is 5.02 Å². The van der Waals surface area contributed by atoms with Gasteiger partial charge in [0.2, 0.25) is 5.91 Å². The highest BCUT2D eigenvalue weighted by molar-refractivity contribution is 6.32. The molecule has 3 rings (SSSR count). The Hall–Kier alpha value is -2.79. The third kappa shape index (κ3) is 3.37. The lowest BCUT2D eigenvalue weighted by molar-refractivity contribution is -0.117. The van der Waals surface area contributed by atoms with E-state index in [0.29, 0.717) is 17.3 Å². The third-order valence-corrected chi connectivity index (χ3v) is 4.42. The maximum Gasteiger partial charge on any atom is 0.409 e. The van der Waals surface area contributed by atoms with Crippen LogP contribution < -0.4 is 10.2 Å². The maximum atomic E-state index is 12.5. The van der Waals surface area contributed by atoms with Crippen molar-refractivity contribution in [1.29, 1.82) is 0 Å². The molecule has 0 aliphatic carbocycles. The second kappa shape index (κ2) is 6.99. The molecule has 1 heterocycles. The average Bonchev–Trinajstić information content (AvgIpc) is 2.71. The van der Waals surface area contributed by atoms with Gasteiger partial charge in [-0.3, -0.25) is 10.1 Å². The van der Waals surface area contributed by atoms with Gasteiger partial charge in [0, 0.05) is 34.8 Å². The summed E-state index contributed by atoms with van der Waals surface area (Å²) in [6.45, 7) is 2.44. The zero-order valence-corrected chi connectivity index (χ0v) is 14.4. The van der Waals surface area contributed by atoms with Crippen molar-refractivity contribution >= 4 is 40.5 Å². The molecule has 2 N–H and O–H groups in total. The predicted octanol–water partition coefficient (Wildman–Crippen LogP) is 4.62. The molecule has 1 aliphatic rings. The number of fused-ring (bicyclic) bond motifs is 1. The van der Waals surface area contributed by atoms with E-state index in [1.54, 1.807) is 29.2 Å². The highest BCUT2D eigenvalue weighted by Crippen LogP contribution is 2.39. The maximum absolute atomic E-state index is 12.5. The fourth-order valence-corrected chi connectivity index (χ4v) is 3.25. The molecule has 0 unspecified atom stereocenters. The highest BCUT2D eigenvalue weighted by atomic mass is 35.5. The number of hydrogen-bond donors (Lipinski definition) is 2. The second-order valence-corrected chi connectivity index (χ2v) is 6.01. The summed E-state index contributed by atoms with van der Waals surface area (Å²) < 4.78 is 0. The normalized spacial score (nSPS) is 13.8. The van der Waals surface area contributed by atoms with E-state index in [1.807, 2.05) is 31.2 Å². The number of rotatable bonds is 3. The second-order valence-electron chi connectivity index (χ2n) is 5.60. The van der Waals surface area contributed by atoms with Crippen LogP contribution in [-0.4, -0.2) is 23.7 Å². The molecule has 0 aromatic heterocycles. The topological polar surface area (TPSA) is 69.6 Å². The Morgan fingerprint density at radius 2 is 2.00 bits per heavy atom.